The monoisotopic (exact) mass is 540 g/mol. The summed E-state index contributed by atoms with van der Waals surface area (Å²) in [6.07, 6.45) is 0. The SMILES string of the molecule is C[Si]12O[Si]3(C)O[Si]4(C)O[Si]5(C)O[Si](C)(O[Si](C)(O1)O[Si](O)(O3)O5)O[Si](O)(O2)O4. The zero-order chi connectivity index (χ0) is 20.5. The summed E-state index contributed by atoms with van der Waals surface area (Å²) in [6.45, 7) is 9.04. The molecule has 22 heteroatoms. The molecule has 0 atom stereocenters. The van der Waals surface area contributed by atoms with Crippen molar-refractivity contribution in [1.82, 2.24) is 0 Å². The van der Waals surface area contributed by atoms with Crippen LogP contribution in [0.4, 0.5) is 0 Å². The molecule has 0 amide bonds. The van der Waals surface area contributed by atoms with E-state index in [1.165, 1.54) is 39.3 Å². The van der Waals surface area contributed by atoms with E-state index >= 15 is 0 Å². The van der Waals surface area contributed by atoms with Crippen LogP contribution in [0.3, 0.4) is 0 Å². The summed E-state index contributed by atoms with van der Waals surface area (Å²) in [7, 11) is -31.5. The highest BCUT2D eigenvalue weighted by Gasteiger charge is 2.80. The molecule has 0 spiro atoms. The quantitative estimate of drug-likeness (QED) is 0.343. The van der Waals surface area contributed by atoms with Gasteiger partial charge in [0.25, 0.3) is 0 Å². The fourth-order valence-electron chi connectivity index (χ4n) is 3.93. The fourth-order valence-corrected chi connectivity index (χ4v) is 44.3. The lowest BCUT2D eigenvalue weighted by Crippen LogP contribution is -2.86. The first kappa shape index (κ1) is 21.0. The standard InChI is InChI=1S/C6H20O14Si8/c1-21-9-22(2)11-24(4)13-26(6)14-25(5,19-27(7,15-21)18-24)12-23(3,10-21)17-28(8,16-22)20-26/h7-8H,1-6H3. The van der Waals surface area contributed by atoms with E-state index in [4.69, 9.17) is 49.4 Å². The molecule has 28 heavy (non-hydrogen) atoms. The molecule has 0 radical (unpaired) electrons. The van der Waals surface area contributed by atoms with Gasteiger partial charge in [-0.25, -0.2) is 0 Å². The second-order valence-electron chi connectivity index (χ2n) is 7.45. The van der Waals surface area contributed by atoms with Gasteiger partial charge in [-0.15, -0.1) is 0 Å². The molecule has 6 aliphatic rings. The maximum Gasteiger partial charge on any atom is 0.654 e. The molecule has 0 unspecified atom stereocenters. The second-order valence-corrected chi connectivity index (χ2v) is 29.7. The first-order chi connectivity index (χ1) is 12.5. The molecule has 6 rings (SSSR count). The molecular weight excluding hydrogens is 521 g/mol. The van der Waals surface area contributed by atoms with Gasteiger partial charge in [0.2, 0.25) is 0 Å². The molecule has 6 aliphatic heterocycles. The summed E-state index contributed by atoms with van der Waals surface area (Å²) in [5.41, 5.74) is 0. The van der Waals surface area contributed by atoms with E-state index in [9.17, 15) is 9.59 Å². The third-order valence-electron chi connectivity index (χ3n) is 4.11. The number of hydrogen-bond donors (Lipinski definition) is 2. The number of hydrogen-bond acceptors (Lipinski definition) is 14. The van der Waals surface area contributed by atoms with Crippen LogP contribution in [0.25, 0.3) is 0 Å². The maximum absolute atomic E-state index is 11.2. The van der Waals surface area contributed by atoms with E-state index in [1.807, 2.05) is 0 Å². The largest absolute Gasteiger partial charge is 0.654 e. The third kappa shape index (κ3) is 3.48. The van der Waals surface area contributed by atoms with Gasteiger partial charge < -0.3 is 59.0 Å². The van der Waals surface area contributed by atoms with Crippen LogP contribution in [0.15, 0.2) is 0 Å². The van der Waals surface area contributed by atoms with E-state index in [1.54, 1.807) is 0 Å². The van der Waals surface area contributed by atoms with E-state index in [0.717, 1.165) is 0 Å². The minimum Gasteiger partial charge on any atom is -0.373 e. The van der Waals surface area contributed by atoms with Crippen molar-refractivity contribution >= 4 is 70.9 Å². The molecule has 0 aromatic heterocycles. The van der Waals surface area contributed by atoms with Gasteiger partial charge in [-0.05, 0) is 0 Å². The Balaban J connectivity index is 1.79. The average molecular weight is 541 g/mol. The summed E-state index contributed by atoms with van der Waals surface area (Å²) >= 11 is 0. The van der Waals surface area contributed by atoms with Crippen molar-refractivity contribution in [2.24, 2.45) is 0 Å². The summed E-state index contributed by atoms with van der Waals surface area (Å²) < 4.78 is 71.7. The highest BCUT2D eigenvalue weighted by molar-refractivity contribution is 7.00. The molecule has 0 saturated carbocycles. The van der Waals surface area contributed by atoms with Crippen molar-refractivity contribution in [2.75, 3.05) is 0 Å². The first-order valence-electron chi connectivity index (χ1n) is 8.35. The van der Waals surface area contributed by atoms with Gasteiger partial charge >= 0.3 is 70.9 Å². The molecule has 160 valence electrons. The van der Waals surface area contributed by atoms with Gasteiger partial charge in [0.15, 0.2) is 0 Å². The molecule has 8 bridgehead atoms. The minimum atomic E-state index is -4.46. The Morgan fingerprint density at radius 1 is 0.321 bits per heavy atom. The summed E-state index contributed by atoms with van der Waals surface area (Å²) in [4.78, 5) is 22.3. The molecule has 0 aromatic rings. The summed E-state index contributed by atoms with van der Waals surface area (Å²) in [5.74, 6) is 0. The number of rotatable bonds is 0. The van der Waals surface area contributed by atoms with E-state index in [-0.39, 0.29) is 0 Å². The normalized spacial score (nSPS) is 66.0. The minimum absolute atomic E-state index is 1.51. The molecule has 2 N–H and O–H groups in total. The van der Waals surface area contributed by atoms with Gasteiger partial charge in [0.05, 0.1) is 0 Å². The van der Waals surface area contributed by atoms with Crippen molar-refractivity contribution in [3.63, 3.8) is 0 Å². The van der Waals surface area contributed by atoms with Crippen molar-refractivity contribution in [3.8, 4) is 0 Å². The molecule has 0 aliphatic carbocycles. The Morgan fingerprint density at radius 2 is 0.464 bits per heavy atom. The molecule has 14 nitrogen and oxygen atoms in total. The second kappa shape index (κ2) is 5.56. The predicted molar refractivity (Wildman–Crippen MR) is 98.7 cm³/mol. The highest BCUT2D eigenvalue weighted by Crippen LogP contribution is 2.46. The van der Waals surface area contributed by atoms with Gasteiger partial charge in [-0.3, -0.25) is 0 Å². The van der Waals surface area contributed by atoms with E-state index in [2.05, 4.69) is 0 Å². The van der Waals surface area contributed by atoms with E-state index < -0.39 is 70.9 Å². The molecule has 0 aromatic carbocycles. The predicted octanol–water partition coefficient (Wildman–Crippen LogP) is -1.48. The smallest absolute Gasteiger partial charge is 0.373 e. The van der Waals surface area contributed by atoms with Gasteiger partial charge in [0.1, 0.15) is 0 Å². The van der Waals surface area contributed by atoms with Crippen LogP contribution in [0.1, 0.15) is 0 Å². The zero-order valence-electron chi connectivity index (χ0n) is 15.8. The lowest BCUT2D eigenvalue weighted by atomic mass is 11.9. The lowest BCUT2D eigenvalue weighted by Gasteiger charge is -2.58. The van der Waals surface area contributed by atoms with Crippen LogP contribution in [-0.2, 0) is 49.4 Å². The Hall–Kier alpha value is 1.18. The average Bonchev–Trinajstić information content (AvgIpc) is 2.22. The topological polar surface area (TPSA) is 151 Å². The fraction of sp³-hybridized carbons (Fsp3) is 1.00. The van der Waals surface area contributed by atoms with Crippen molar-refractivity contribution in [3.05, 3.63) is 0 Å². The van der Waals surface area contributed by atoms with Crippen LogP contribution < -0.4 is 0 Å². The summed E-state index contributed by atoms with van der Waals surface area (Å²) in [6, 6.07) is 0. The van der Waals surface area contributed by atoms with Gasteiger partial charge in [-0.2, -0.15) is 0 Å². The lowest BCUT2D eigenvalue weighted by molar-refractivity contribution is -0.0555. The van der Waals surface area contributed by atoms with Crippen LogP contribution >= 0.6 is 0 Å². The van der Waals surface area contributed by atoms with Crippen molar-refractivity contribution in [2.45, 2.75) is 39.3 Å². The van der Waals surface area contributed by atoms with Crippen LogP contribution in [0, 0.1) is 0 Å². The van der Waals surface area contributed by atoms with Crippen LogP contribution in [0.5, 0.6) is 0 Å². The van der Waals surface area contributed by atoms with Crippen LogP contribution in [-0.4, -0.2) is 80.5 Å². The van der Waals surface area contributed by atoms with Crippen molar-refractivity contribution < 1.29 is 59.0 Å². The van der Waals surface area contributed by atoms with E-state index in [0.29, 0.717) is 0 Å². The Bertz CT molecular complexity index is 488. The summed E-state index contributed by atoms with van der Waals surface area (Å²) in [5, 5.41) is 0. The Morgan fingerprint density at radius 3 is 0.607 bits per heavy atom. The first-order valence-corrected chi connectivity index (χ1v) is 25.0. The highest BCUT2D eigenvalue weighted by atomic mass is 28.6. The van der Waals surface area contributed by atoms with Gasteiger partial charge in [-0.1, -0.05) is 0 Å². The molecule has 6 heterocycles. The molecule has 6 fully saturated rings. The molecule has 6 saturated heterocycles. The van der Waals surface area contributed by atoms with Crippen molar-refractivity contribution in [1.29, 1.82) is 0 Å². The van der Waals surface area contributed by atoms with Gasteiger partial charge in [0, 0.05) is 39.3 Å². The Labute approximate surface area is 169 Å². The molecular formula is C6H20O14Si8. The maximum atomic E-state index is 11.2. The zero-order valence-corrected chi connectivity index (χ0v) is 23.8. The van der Waals surface area contributed by atoms with Crippen LogP contribution in [0.2, 0.25) is 39.3 Å². The Kier molecular flexibility index (Phi) is 4.18. The third-order valence-corrected chi connectivity index (χ3v) is 37.0.